The predicted molar refractivity (Wildman–Crippen MR) is 185 cm³/mol. The zero-order valence-corrected chi connectivity index (χ0v) is 29.5. The van der Waals surface area contributed by atoms with Gasteiger partial charge >= 0.3 is 15.2 Å². The molecule has 0 saturated carbocycles. The molecule has 0 aliphatic heterocycles. The Balaban J connectivity index is 1.49. The van der Waals surface area contributed by atoms with Crippen molar-refractivity contribution >= 4 is 73.3 Å². The summed E-state index contributed by atoms with van der Waals surface area (Å²) >= 11 is 6.32. The Morgan fingerprint density at radius 1 is 0.920 bits per heavy atom. The van der Waals surface area contributed by atoms with E-state index < -0.39 is 32.6 Å². The smallest absolute Gasteiger partial charge is 0.369 e. The summed E-state index contributed by atoms with van der Waals surface area (Å²) in [6, 6.07) is 11.7. The molecule has 3 aromatic rings. The number of nitrogens with one attached hydrogen (secondary N) is 5. The Morgan fingerprint density at radius 2 is 1.58 bits per heavy atom. The molecule has 18 nitrogen and oxygen atoms in total. The van der Waals surface area contributed by atoms with Crippen molar-refractivity contribution in [1.82, 2.24) is 20.6 Å². The molecule has 21 heteroatoms. The summed E-state index contributed by atoms with van der Waals surface area (Å²) < 4.78 is 28.2. The maximum atomic E-state index is 12.5. The summed E-state index contributed by atoms with van der Waals surface area (Å²) in [6.45, 7) is -0.190. The number of benzene rings is 2. The number of anilines is 5. The Kier molecular flexibility index (Phi) is 14.3. The van der Waals surface area contributed by atoms with Crippen LogP contribution in [0.4, 0.5) is 28.8 Å². The number of aliphatic hydroxyl groups is 1. The lowest BCUT2D eigenvalue weighted by molar-refractivity contribution is -0.121. The van der Waals surface area contributed by atoms with Crippen molar-refractivity contribution in [2.24, 2.45) is 0 Å². The van der Waals surface area contributed by atoms with Crippen LogP contribution in [0.15, 0.2) is 48.7 Å². The van der Waals surface area contributed by atoms with Gasteiger partial charge in [-0.25, -0.2) is 4.98 Å². The minimum absolute atomic E-state index is 0.0211. The molecule has 0 radical (unpaired) electrons. The van der Waals surface area contributed by atoms with E-state index in [1.165, 1.54) is 20.4 Å². The average molecular weight is 758 g/mol. The van der Waals surface area contributed by atoms with Crippen LogP contribution in [0.3, 0.4) is 0 Å². The lowest BCUT2D eigenvalue weighted by Crippen LogP contribution is -2.31. The van der Waals surface area contributed by atoms with Crippen molar-refractivity contribution in [2.75, 3.05) is 36.7 Å². The van der Waals surface area contributed by atoms with Crippen LogP contribution in [-0.4, -0.2) is 78.2 Å². The third-order valence-corrected chi connectivity index (χ3v) is 11.3. The number of nitrogens with zero attached hydrogens (tertiary/aromatic N) is 2. The van der Waals surface area contributed by atoms with Gasteiger partial charge in [0.15, 0.2) is 5.82 Å². The molecule has 1 heterocycles. The van der Waals surface area contributed by atoms with Gasteiger partial charge in [-0.1, -0.05) is 23.7 Å². The third-order valence-electron chi connectivity index (χ3n) is 7.13. The largest absolute Gasteiger partial charge is 0.494 e. The van der Waals surface area contributed by atoms with Crippen LogP contribution in [0.2, 0.25) is 5.02 Å². The van der Waals surface area contributed by atoms with Crippen molar-refractivity contribution in [1.29, 1.82) is 0 Å². The van der Waals surface area contributed by atoms with Gasteiger partial charge in [0.1, 0.15) is 10.8 Å². The van der Waals surface area contributed by atoms with Crippen LogP contribution in [0.5, 0.6) is 5.75 Å². The summed E-state index contributed by atoms with van der Waals surface area (Å²) in [4.78, 5) is 82.1. The van der Waals surface area contributed by atoms with E-state index in [-0.39, 0.29) is 54.4 Å². The monoisotopic (exact) mass is 757 g/mol. The number of amides is 3. The van der Waals surface area contributed by atoms with Crippen LogP contribution in [0.25, 0.3) is 0 Å². The molecule has 3 amide bonds. The van der Waals surface area contributed by atoms with E-state index in [4.69, 9.17) is 35.9 Å². The zero-order valence-electron chi connectivity index (χ0n) is 26.9. The number of para-hydroxylation sites is 1. The van der Waals surface area contributed by atoms with E-state index >= 15 is 0 Å². The number of rotatable bonds is 18. The predicted octanol–water partition coefficient (Wildman–Crippen LogP) is 3.38. The standard InChI is InChI=1S/C29H38ClN7O11P2/c1-31-27(40)19-8-3-4-9-21(19)35-26-20(30)17-33-28(37-26)36-22-13-12-18(16-23(22)48-2)34-25(39)11-6-5-10-24(38)32-15-7-14-29(41,49(42,43)44)50(45,46)47/h3-4,8-9,12-13,16-17,41H,5-7,10-11,14-15H2,1-2H3,(H,31,40)(H,32,38)(H,34,39)(H2,42,43,44)(H2,45,46,47)(H2,33,35,36,37). The fourth-order valence-corrected chi connectivity index (χ4v) is 6.85. The highest BCUT2D eigenvalue weighted by Crippen LogP contribution is 2.69. The van der Waals surface area contributed by atoms with Crippen LogP contribution in [0, 0.1) is 0 Å². The molecule has 0 aliphatic rings. The fourth-order valence-electron chi connectivity index (χ4n) is 4.46. The van der Waals surface area contributed by atoms with Gasteiger partial charge in [0, 0.05) is 44.6 Å². The molecule has 0 spiro atoms. The fraction of sp³-hybridized carbons (Fsp3) is 0.345. The first-order chi connectivity index (χ1) is 23.5. The number of unbranched alkanes of at least 4 members (excludes halogenated alkanes) is 1. The molecule has 0 unspecified atom stereocenters. The lowest BCUT2D eigenvalue weighted by Gasteiger charge is -2.29. The van der Waals surface area contributed by atoms with Crippen molar-refractivity contribution < 1.29 is 52.9 Å². The average Bonchev–Trinajstić information content (AvgIpc) is 3.06. The molecule has 0 fully saturated rings. The van der Waals surface area contributed by atoms with Gasteiger partial charge in [0.05, 0.1) is 30.2 Å². The first-order valence-electron chi connectivity index (χ1n) is 14.9. The first kappa shape index (κ1) is 40.3. The number of aromatic nitrogens is 2. The van der Waals surface area contributed by atoms with E-state index in [1.807, 2.05) is 0 Å². The SMILES string of the molecule is CNC(=O)c1ccccc1Nc1nc(Nc2ccc(NC(=O)CCCCC(=O)NCCCC(O)(P(=O)(O)O)P(=O)(O)O)cc2OC)ncc1Cl. The van der Waals surface area contributed by atoms with Crippen molar-refractivity contribution in [3.05, 3.63) is 59.2 Å². The summed E-state index contributed by atoms with van der Waals surface area (Å²) in [7, 11) is -8.15. The molecule has 2 aromatic carbocycles. The van der Waals surface area contributed by atoms with E-state index in [9.17, 15) is 28.6 Å². The molecule has 0 atom stereocenters. The second-order valence-electron chi connectivity index (χ2n) is 10.8. The Morgan fingerprint density at radius 3 is 2.22 bits per heavy atom. The van der Waals surface area contributed by atoms with Gasteiger partial charge in [0.2, 0.25) is 17.8 Å². The molecule has 50 heavy (non-hydrogen) atoms. The number of hydrogen-bond acceptors (Lipinski definition) is 11. The molecule has 0 saturated heterocycles. The van der Waals surface area contributed by atoms with Crippen molar-refractivity contribution in [3.63, 3.8) is 0 Å². The summed E-state index contributed by atoms with van der Waals surface area (Å²) in [5.41, 5.74) is 1.78. The molecule has 0 bridgehead atoms. The normalized spacial score (nSPS) is 11.8. The summed E-state index contributed by atoms with van der Waals surface area (Å²) in [5, 5.41) is 20.4. The van der Waals surface area contributed by atoms with Gasteiger partial charge < -0.3 is 56.0 Å². The maximum absolute atomic E-state index is 12.5. The zero-order chi connectivity index (χ0) is 37.1. The second kappa shape index (κ2) is 17.7. The van der Waals surface area contributed by atoms with Gasteiger partial charge in [-0.05, 0) is 43.5 Å². The van der Waals surface area contributed by atoms with E-state index in [0.29, 0.717) is 41.2 Å². The van der Waals surface area contributed by atoms with Gasteiger partial charge in [0.25, 0.3) is 11.0 Å². The molecule has 1 aromatic heterocycles. The number of carbonyl (C=O) groups excluding carboxylic acids is 3. The van der Waals surface area contributed by atoms with Crippen molar-refractivity contribution in [3.8, 4) is 5.75 Å². The Labute approximate surface area is 291 Å². The number of methoxy groups -OCH3 is 1. The van der Waals surface area contributed by atoms with Crippen LogP contribution in [-0.2, 0) is 18.7 Å². The Hall–Kier alpha value is -4.12. The first-order valence-corrected chi connectivity index (χ1v) is 18.5. The quantitative estimate of drug-likeness (QED) is 0.0658. The molecular weight excluding hydrogens is 720 g/mol. The van der Waals surface area contributed by atoms with Crippen LogP contribution < -0.4 is 31.3 Å². The minimum atomic E-state index is -5.56. The topological polar surface area (TPSA) is 282 Å². The van der Waals surface area contributed by atoms with Crippen LogP contribution >= 0.6 is 26.8 Å². The minimum Gasteiger partial charge on any atom is -0.494 e. The molecule has 10 N–H and O–H groups in total. The maximum Gasteiger partial charge on any atom is 0.369 e. The number of ether oxygens (including phenoxy) is 1. The highest BCUT2D eigenvalue weighted by Gasteiger charge is 2.58. The van der Waals surface area contributed by atoms with E-state index in [2.05, 4.69) is 36.6 Å². The van der Waals surface area contributed by atoms with Gasteiger partial charge in [-0.3, -0.25) is 23.5 Å². The number of halogens is 1. The highest BCUT2D eigenvalue weighted by atomic mass is 35.5. The molecule has 0 aliphatic carbocycles. The highest BCUT2D eigenvalue weighted by molar-refractivity contribution is 7.72. The lowest BCUT2D eigenvalue weighted by atomic mass is 10.1. The van der Waals surface area contributed by atoms with Crippen molar-refractivity contribution in [2.45, 2.75) is 43.6 Å². The van der Waals surface area contributed by atoms with E-state index in [0.717, 1.165) is 0 Å². The van der Waals surface area contributed by atoms with Crippen LogP contribution in [0.1, 0.15) is 48.9 Å². The molecule has 3 rings (SSSR count). The second-order valence-corrected chi connectivity index (χ2v) is 15.2. The third kappa shape index (κ3) is 10.9. The molecule has 272 valence electrons. The van der Waals surface area contributed by atoms with Gasteiger partial charge in [-0.2, -0.15) is 4.98 Å². The number of hydrogen-bond donors (Lipinski definition) is 10. The Bertz CT molecular complexity index is 1770. The number of carbonyl (C=O) groups is 3. The molecular formula is C29H38ClN7O11P2. The summed E-state index contributed by atoms with van der Waals surface area (Å²) in [6.07, 6.45) is 0.933. The summed E-state index contributed by atoms with van der Waals surface area (Å²) in [5.74, 6) is -0.299. The van der Waals surface area contributed by atoms with Gasteiger partial charge in [-0.15, -0.1) is 0 Å². The van der Waals surface area contributed by atoms with E-state index in [1.54, 1.807) is 42.5 Å².